The number of hydrogen-bond donors (Lipinski definition) is 3. The lowest BCUT2D eigenvalue weighted by Gasteiger charge is -2.26. The molecule has 144 valence electrons. The molecule has 0 bridgehead atoms. The number of alkyl halides is 3. The first-order valence-corrected chi connectivity index (χ1v) is 8.28. The molecule has 1 fully saturated rings. The van der Waals surface area contributed by atoms with Crippen molar-refractivity contribution in [3.05, 3.63) is 29.8 Å². The second-order valence-corrected chi connectivity index (χ2v) is 6.26. The highest BCUT2D eigenvalue weighted by Crippen LogP contribution is 2.24. The Morgan fingerprint density at radius 1 is 1.12 bits per heavy atom. The van der Waals surface area contributed by atoms with E-state index in [1.165, 1.54) is 12.1 Å². The van der Waals surface area contributed by atoms with Crippen LogP contribution in [0.25, 0.3) is 0 Å². The normalized spacial score (nSPS) is 20.3. The molecule has 2 rings (SSSR count). The van der Waals surface area contributed by atoms with Crippen LogP contribution in [-0.2, 0) is 11.3 Å². The minimum atomic E-state index is -4.39. The summed E-state index contributed by atoms with van der Waals surface area (Å²) in [4.78, 5) is 22.8. The number of hydrogen-bond acceptors (Lipinski definition) is 3. The van der Waals surface area contributed by atoms with E-state index < -0.39 is 18.8 Å². The molecule has 1 saturated carbocycles. The fourth-order valence-corrected chi connectivity index (χ4v) is 2.77. The van der Waals surface area contributed by atoms with Gasteiger partial charge in [-0.25, -0.2) is 4.79 Å². The van der Waals surface area contributed by atoms with E-state index in [0.717, 1.165) is 0 Å². The van der Waals surface area contributed by atoms with Crippen LogP contribution < -0.4 is 15.4 Å². The van der Waals surface area contributed by atoms with Crippen molar-refractivity contribution in [3.8, 4) is 5.75 Å². The Morgan fingerprint density at radius 2 is 1.73 bits per heavy atom. The van der Waals surface area contributed by atoms with Gasteiger partial charge in [0.2, 0.25) is 0 Å². The summed E-state index contributed by atoms with van der Waals surface area (Å²) < 4.78 is 40.8. The van der Waals surface area contributed by atoms with Crippen molar-refractivity contribution in [3.63, 3.8) is 0 Å². The minimum Gasteiger partial charge on any atom is -0.484 e. The molecular formula is C17H21F3N2O4. The molecule has 26 heavy (non-hydrogen) atoms. The van der Waals surface area contributed by atoms with Crippen LogP contribution in [0.2, 0.25) is 0 Å². The number of aliphatic carboxylic acids is 1. The zero-order valence-corrected chi connectivity index (χ0v) is 14.0. The number of carbonyl (C=O) groups is 2. The molecule has 6 nitrogen and oxygen atoms in total. The summed E-state index contributed by atoms with van der Waals surface area (Å²) >= 11 is 0. The van der Waals surface area contributed by atoms with Gasteiger partial charge in [-0.2, -0.15) is 13.2 Å². The van der Waals surface area contributed by atoms with Crippen LogP contribution in [0.1, 0.15) is 31.2 Å². The maximum atomic E-state index is 12.1. The van der Waals surface area contributed by atoms with Crippen molar-refractivity contribution in [1.82, 2.24) is 10.6 Å². The van der Waals surface area contributed by atoms with Gasteiger partial charge in [-0.15, -0.1) is 0 Å². The Hall–Kier alpha value is -2.45. The van der Waals surface area contributed by atoms with Crippen LogP contribution in [0.3, 0.4) is 0 Å². The number of amides is 2. The molecule has 0 heterocycles. The van der Waals surface area contributed by atoms with Crippen molar-refractivity contribution in [1.29, 1.82) is 0 Å². The van der Waals surface area contributed by atoms with E-state index in [1.54, 1.807) is 12.1 Å². The van der Waals surface area contributed by atoms with E-state index in [0.29, 0.717) is 31.2 Å². The molecule has 0 atom stereocenters. The lowest BCUT2D eigenvalue weighted by molar-refractivity contribution is -0.153. The van der Waals surface area contributed by atoms with Gasteiger partial charge in [-0.05, 0) is 43.4 Å². The SMILES string of the molecule is O=C(NCc1ccc(OCC(F)(F)F)cc1)NC1CCC(C(=O)O)CC1. The number of carboxylic acid groups (broad SMARTS) is 1. The quantitative estimate of drug-likeness (QED) is 0.714. The lowest BCUT2D eigenvalue weighted by Crippen LogP contribution is -2.43. The van der Waals surface area contributed by atoms with Gasteiger partial charge in [0.05, 0.1) is 5.92 Å². The van der Waals surface area contributed by atoms with Gasteiger partial charge in [0.25, 0.3) is 0 Å². The van der Waals surface area contributed by atoms with Gasteiger partial charge in [-0.3, -0.25) is 4.79 Å². The molecule has 9 heteroatoms. The molecule has 3 N–H and O–H groups in total. The van der Waals surface area contributed by atoms with Crippen LogP contribution in [0.15, 0.2) is 24.3 Å². The van der Waals surface area contributed by atoms with Gasteiger partial charge in [0.15, 0.2) is 6.61 Å². The largest absolute Gasteiger partial charge is 0.484 e. The highest BCUT2D eigenvalue weighted by Gasteiger charge is 2.28. The van der Waals surface area contributed by atoms with E-state index in [-0.39, 0.29) is 30.3 Å². The van der Waals surface area contributed by atoms with Crippen LogP contribution in [0, 0.1) is 5.92 Å². The van der Waals surface area contributed by atoms with Gasteiger partial charge in [-0.1, -0.05) is 12.1 Å². The molecule has 0 aromatic heterocycles. The topological polar surface area (TPSA) is 87.7 Å². The van der Waals surface area contributed by atoms with Crippen molar-refractivity contribution in [2.75, 3.05) is 6.61 Å². The summed E-state index contributed by atoms with van der Waals surface area (Å²) in [5, 5.41) is 14.4. The Labute approximate surface area is 148 Å². The summed E-state index contributed by atoms with van der Waals surface area (Å²) in [7, 11) is 0. The van der Waals surface area contributed by atoms with E-state index >= 15 is 0 Å². The van der Waals surface area contributed by atoms with Crippen LogP contribution >= 0.6 is 0 Å². The Morgan fingerprint density at radius 3 is 2.27 bits per heavy atom. The second kappa shape index (κ2) is 8.77. The number of carboxylic acids is 1. The average molecular weight is 374 g/mol. The van der Waals surface area contributed by atoms with Gasteiger partial charge >= 0.3 is 18.2 Å². The van der Waals surface area contributed by atoms with Crippen molar-refractivity contribution < 1.29 is 32.6 Å². The number of halogens is 3. The molecule has 1 aromatic carbocycles. The van der Waals surface area contributed by atoms with Gasteiger partial charge in [0, 0.05) is 12.6 Å². The van der Waals surface area contributed by atoms with E-state index in [2.05, 4.69) is 15.4 Å². The number of urea groups is 1. The maximum absolute atomic E-state index is 12.1. The predicted octanol–water partition coefficient (Wildman–Crippen LogP) is 3.07. The maximum Gasteiger partial charge on any atom is 0.422 e. The molecule has 0 radical (unpaired) electrons. The first kappa shape index (κ1) is 19.9. The summed E-state index contributed by atoms with van der Waals surface area (Å²) in [6.45, 7) is -1.13. The van der Waals surface area contributed by atoms with E-state index in [1.807, 2.05) is 0 Å². The summed E-state index contributed by atoms with van der Waals surface area (Å²) in [6.07, 6.45) is -2.06. The highest BCUT2D eigenvalue weighted by atomic mass is 19.4. The number of nitrogens with one attached hydrogen (secondary N) is 2. The zero-order chi connectivity index (χ0) is 19.2. The standard InChI is InChI=1S/C17H21F3N2O4/c18-17(19,20)10-26-14-7-1-11(2-8-14)9-21-16(25)22-13-5-3-12(4-6-13)15(23)24/h1-2,7-8,12-13H,3-6,9-10H2,(H,23,24)(H2,21,22,25). The second-order valence-electron chi connectivity index (χ2n) is 6.26. The summed E-state index contributed by atoms with van der Waals surface area (Å²) in [6, 6.07) is 5.56. The number of ether oxygens (including phenoxy) is 1. The predicted molar refractivity (Wildman–Crippen MR) is 86.7 cm³/mol. The molecule has 1 aliphatic carbocycles. The first-order valence-electron chi connectivity index (χ1n) is 8.28. The third-order valence-corrected chi connectivity index (χ3v) is 4.19. The first-order chi connectivity index (χ1) is 12.2. The Balaban J connectivity index is 1.70. The molecule has 2 amide bonds. The van der Waals surface area contributed by atoms with Crippen LogP contribution in [-0.4, -0.2) is 35.9 Å². The number of rotatable bonds is 6. The number of carbonyl (C=O) groups excluding carboxylic acids is 1. The third kappa shape index (κ3) is 6.81. The zero-order valence-electron chi connectivity index (χ0n) is 14.0. The molecule has 0 unspecified atom stereocenters. The fraction of sp³-hybridized carbons (Fsp3) is 0.529. The van der Waals surface area contributed by atoms with E-state index in [4.69, 9.17) is 5.11 Å². The van der Waals surface area contributed by atoms with Crippen molar-refractivity contribution in [2.45, 2.75) is 44.4 Å². The third-order valence-electron chi connectivity index (χ3n) is 4.19. The highest BCUT2D eigenvalue weighted by molar-refractivity contribution is 5.74. The molecule has 1 aliphatic rings. The van der Waals surface area contributed by atoms with Crippen molar-refractivity contribution >= 4 is 12.0 Å². The Kier molecular flexibility index (Phi) is 6.70. The van der Waals surface area contributed by atoms with Crippen LogP contribution in [0.5, 0.6) is 5.75 Å². The summed E-state index contributed by atoms with van der Waals surface area (Å²) in [5.74, 6) is -1.03. The molecule has 1 aromatic rings. The monoisotopic (exact) mass is 374 g/mol. The van der Waals surface area contributed by atoms with Gasteiger partial charge < -0.3 is 20.5 Å². The lowest BCUT2D eigenvalue weighted by atomic mass is 9.86. The van der Waals surface area contributed by atoms with Crippen molar-refractivity contribution in [2.24, 2.45) is 5.92 Å². The average Bonchev–Trinajstić information content (AvgIpc) is 2.59. The Bertz CT molecular complexity index is 611. The smallest absolute Gasteiger partial charge is 0.422 e. The molecule has 0 aliphatic heterocycles. The number of benzene rings is 1. The minimum absolute atomic E-state index is 0.0521. The fourth-order valence-electron chi connectivity index (χ4n) is 2.77. The van der Waals surface area contributed by atoms with E-state index in [9.17, 15) is 22.8 Å². The molecule has 0 spiro atoms. The molecular weight excluding hydrogens is 353 g/mol. The summed E-state index contributed by atoms with van der Waals surface area (Å²) in [5.41, 5.74) is 0.717. The van der Waals surface area contributed by atoms with Gasteiger partial charge in [0.1, 0.15) is 5.75 Å². The molecule has 0 saturated heterocycles. The van der Waals surface area contributed by atoms with Crippen LogP contribution in [0.4, 0.5) is 18.0 Å².